The molecule has 0 aliphatic heterocycles. The number of aromatic nitrogens is 6. The van der Waals surface area contributed by atoms with E-state index in [9.17, 15) is 9.18 Å². The third-order valence-corrected chi connectivity index (χ3v) is 6.35. The number of pyridine rings is 3. The summed E-state index contributed by atoms with van der Waals surface area (Å²) < 4.78 is 14.1. The van der Waals surface area contributed by atoms with Crippen LogP contribution in [0.25, 0.3) is 55.7 Å². The number of carbonyl (C=O) groups is 1. The van der Waals surface area contributed by atoms with E-state index >= 15 is 0 Å². The van der Waals surface area contributed by atoms with Gasteiger partial charge in [0.2, 0.25) is 5.91 Å². The minimum atomic E-state index is -0.299. The standard InChI is InChI=1S/C29H25FN8O/c1-16-6-17(8-20(30)7-16)27-22-11-25(35-24(22)4-5-32-27)28-23-10-19(13-33-29(23)37-36-28)18-9-21(14-31-12-18)34-26(39)15-38(2)3/h4-14,35H,15H2,1-3H3,(H,34,39)(H,33,36,37). The summed E-state index contributed by atoms with van der Waals surface area (Å²) >= 11 is 0. The van der Waals surface area contributed by atoms with Crippen LogP contribution in [0.4, 0.5) is 10.1 Å². The fourth-order valence-corrected chi connectivity index (χ4v) is 4.71. The number of aryl methyl sites for hydroxylation is 1. The highest BCUT2D eigenvalue weighted by atomic mass is 19.1. The summed E-state index contributed by atoms with van der Waals surface area (Å²) in [4.78, 5) is 30.8. The van der Waals surface area contributed by atoms with E-state index in [1.54, 1.807) is 29.7 Å². The molecule has 3 N–H and O–H groups in total. The summed E-state index contributed by atoms with van der Waals surface area (Å²) in [5.41, 5.74) is 7.44. The molecule has 0 saturated heterocycles. The Morgan fingerprint density at radius 3 is 2.62 bits per heavy atom. The molecule has 9 nitrogen and oxygen atoms in total. The van der Waals surface area contributed by atoms with Crippen LogP contribution in [0.2, 0.25) is 0 Å². The van der Waals surface area contributed by atoms with Crippen molar-refractivity contribution in [2.45, 2.75) is 6.92 Å². The zero-order chi connectivity index (χ0) is 27.1. The molecule has 0 unspecified atom stereocenters. The van der Waals surface area contributed by atoms with E-state index in [-0.39, 0.29) is 18.3 Å². The van der Waals surface area contributed by atoms with Crippen molar-refractivity contribution in [3.8, 4) is 33.8 Å². The van der Waals surface area contributed by atoms with Crippen molar-refractivity contribution in [1.82, 2.24) is 35.0 Å². The minimum Gasteiger partial charge on any atom is -0.353 e. The van der Waals surface area contributed by atoms with E-state index in [0.29, 0.717) is 28.3 Å². The molecule has 0 saturated carbocycles. The lowest BCUT2D eigenvalue weighted by Gasteiger charge is -2.10. The molecule has 1 amide bonds. The van der Waals surface area contributed by atoms with Gasteiger partial charge >= 0.3 is 0 Å². The fourth-order valence-electron chi connectivity index (χ4n) is 4.71. The Labute approximate surface area is 223 Å². The Balaban J connectivity index is 1.39. The Morgan fingerprint density at radius 2 is 1.79 bits per heavy atom. The summed E-state index contributed by atoms with van der Waals surface area (Å²) in [6.07, 6.45) is 6.79. The number of hydrogen-bond donors (Lipinski definition) is 3. The fraction of sp³-hybridized carbons (Fsp3) is 0.138. The first-order valence-electron chi connectivity index (χ1n) is 12.3. The number of hydrogen-bond acceptors (Lipinski definition) is 6. The molecule has 5 aromatic heterocycles. The molecule has 0 atom stereocenters. The molecule has 0 aliphatic rings. The molecule has 0 aliphatic carbocycles. The third-order valence-electron chi connectivity index (χ3n) is 6.35. The summed E-state index contributed by atoms with van der Waals surface area (Å²) in [6.45, 7) is 2.13. The van der Waals surface area contributed by atoms with Gasteiger partial charge in [-0.05, 0) is 69.0 Å². The quantitative estimate of drug-likeness (QED) is 0.279. The average molecular weight is 521 g/mol. The van der Waals surface area contributed by atoms with Crippen LogP contribution in [-0.4, -0.2) is 61.6 Å². The maximum atomic E-state index is 14.1. The molecule has 0 bridgehead atoms. The van der Waals surface area contributed by atoms with Gasteiger partial charge in [-0.1, -0.05) is 0 Å². The SMILES string of the molecule is Cc1cc(F)cc(-c2nccc3[nH]c(-c4n[nH]c5ncc(-c6cncc(NC(=O)CN(C)C)c6)cc45)cc23)c1. The predicted octanol–water partition coefficient (Wildman–Crippen LogP) is 5.18. The monoisotopic (exact) mass is 520 g/mol. The number of nitrogens with zero attached hydrogens (tertiary/aromatic N) is 5. The highest BCUT2D eigenvalue weighted by Crippen LogP contribution is 2.34. The molecule has 6 rings (SSSR count). The average Bonchev–Trinajstić information content (AvgIpc) is 3.51. The number of anilines is 1. The van der Waals surface area contributed by atoms with Gasteiger partial charge in [0.05, 0.1) is 29.8 Å². The smallest absolute Gasteiger partial charge is 0.238 e. The second-order valence-corrected chi connectivity index (χ2v) is 9.76. The van der Waals surface area contributed by atoms with Crippen molar-refractivity contribution in [3.05, 3.63) is 78.6 Å². The van der Waals surface area contributed by atoms with Crippen molar-refractivity contribution in [3.63, 3.8) is 0 Å². The van der Waals surface area contributed by atoms with E-state index in [1.807, 2.05) is 51.4 Å². The molecule has 5 heterocycles. The van der Waals surface area contributed by atoms with Crippen LogP contribution < -0.4 is 5.32 Å². The molecule has 0 fully saturated rings. The van der Waals surface area contributed by atoms with Crippen molar-refractivity contribution >= 4 is 33.5 Å². The Kier molecular flexibility index (Phi) is 6.08. The van der Waals surface area contributed by atoms with E-state index in [4.69, 9.17) is 0 Å². The van der Waals surface area contributed by atoms with Crippen molar-refractivity contribution < 1.29 is 9.18 Å². The van der Waals surface area contributed by atoms with Crippen molar-refractivity contribution in [1.29, 1.82) is 0 Å². The van der Waals surface area contributed by atoms with Gasteiger partial charge in [0.15, 0.2) is 5.65 Å². The van der Waals surface area contributed by atoms with Gasteiger partial charge in [-0.3, -0.25) is 19.9 Å². The van der Waals surface area contributed by atoms with Gasteiger partial charge in [0, 0.05) is 51.6 Å². The lowest BCUT2D eigenvalue weighted by atomic mass is 10.0. The number of rotatable bonds is 6. The van der Waals surface area contributed by atoms with E-state index in [0.717, 1.165) is 38.7 Å². The first-order valence-corrected chi connectivity index (χ1v) is 12.3. The van der Waals surface area contributed by atoms with Crippen LogP contribution in [0.1, 0.15) is 5.56 Å². The predicted molar refractivity (Wildman–Crippen MR) is 150 cm³/mol. The van der Waals surface area contributed by atoms with Crippen molar-refractivity contribution in [2.24, 2.45) is 0 Å². The number of aromatic amines is 2. The van der Waals surface area contributed by atoms with E-state index in [2.05, 4.69) is 35.5 Å². The summed E-state index contributed by atoms with van der Waals surface area (Å²) in [7, 11) is 3.68. The maximum absolute atomic E-state index is 14.1. The number of halogens is 1. The largest absolute Gasteiger partial charge is 0.353 e. The van der Waals surface area contributed by atoms with Crippen LogP contribution in [0.3, 0.4) is 0 Å². The summed E-state index contributed by atoms with van der Waals surface area (Å²) in [5, 5.41) is 12.1. The lowest BCUT2D eigenvalue weighted by Crippen LogP contribution is -2.27. The first kappa shape index (κ1) is 24.4. The third kappa shape index (κ3) is 4.85. The Morgan fingerprint density at radius 1 is 0.949 bits per heavy atom. The van der Waals surface area contributed by atoms with Crippen LogP contribution in [0, 0.1) is 12.7 Å². The zero-order valence-electron chi connectivity index (χ0n) is 21.6. The number of fused-ring (bicyclic) bond motifs is 2. The topological polar surface area (TPSA) is 115 Å². The second kappa shape index (κ2) is 9.73. The molecule has 0 spiro atoms. The Bertz CT molecular complexity index is 1840. The molecule has 39 heavy (non-hydrogen) atoms. The van der Waals surface area contributed by atoms with Gasteiger partial charge in [-0.15, -0.1) is 0 Å². The number of nitrogens with one attached hydrogen (secondary N) is 3. The lowest BCUT2D eigenvalue weighted by molar-refractivity contribution is -0.116. The van der Waals surface area contributed by atoms with Crippen molar-refractivity contribution in [2.75, 3.05) is 26.0 Å². The van der Waals surface area contributed by atoms with E-state index in [1.165, 1.54) is 12.1 Å². The number of likely N-dealkylation sites (N-methyl/N-ethyl adjacent to an activating group) is 1. The second-order valence-electron chi connectivity index (χ2n) is 9.76. The van der Waals surface area contributed by atoms with Gasteiger partial charge < -0.3 is 15.2 Å². The van der Waals surface area contributed by atoms with Gasteiger partial charge in [0.25, 0.3) is 0 Å². The number of amides is 1. The first-order chi connectivity index (χ1) is 18.8. The normalized spacial score (nSPS) is 11.5. The molecule has 1 aromatic carbocycles. The molecule has 6 aromatic rings. The van der Waals surface area contributed by atoms with Crippen LogP contribution in [-0.2, 0) is 4.79 Å². The number of carbonyl (C=O) groups excluding carboxylic acids is 1. The molecule has 10 heteroatoms. The molecule has 0 radical (unpaired) electrons. The highest BCUT2D eigenvalue weighted by Gasteiger charge is 2.16. The van der Waals surface area contributed by atoms with E-state index < -0.39 is 0 Å². The molecule has 194 valence electrons. The summed E-state index contributed by atoms with van der Waals surface area (Å²) in [6, 6.07) is 12.6. The van der Waals surface area contributed by atoms with Crippen LogP contribution in [0.15, 0.2) is 67.3 Å². The van der Waals surface area contributed by atoms with Crippen LogP contribution >= 0.6 is 0 Å². The Hall–Kier alpha value is -4.96. The van der Waals surface area contributed by atoms with Gasteiger partial charge in [-0.25, -0.2) is 9.37 Å². The zero-order valence-corrected chi connectivity index (χ0v) is 21.6. The number of H-pyrrole nitrogens is 2. The van der Waals surface area contributed by atoms with Gasteiger partial charge in [0.1, 0.15) is 11.5 Å². The maximum Gasteiger partial charge on any atom is 0.238 e. The highest BCUT2D eigenvalue weighted by molar-refractivity contribution is 6.00. The summed E-state index contributed by atoms with van der Waals surface area (Å²) in [5.74, 6) is -0.419. The van der Waals surface area contributed by atoms with Crippen LogP contribution in [0.5, 0.6) is 0 Å². The number of benzene rings is 1. The van der Waals surface area contributed by atoms with Gasteiger partial charge in [-0.2, -0.15) is 5.10 Å². The minimum absolute atomic E-state index is 0.120. The molecular formula is C29H25FN8O. The molecular weight excluding hydrogens is 495 g/mol.